The number of benzene rings is 2. The van der Waals surface area contributed by atoms with E-state index >= 15 is 0 Å². The van der Waals surface area contributed by atoms with Crippen LogP contribution in [0.1, 0.15) is 56.6 Å². The molecule has 2 rings (SSSR count). The van der Waals surface area contributed by atoms with Gasteiger partial charge in [-0.05, 0) is 42.8 Å². The molecule has 154 valence electrons. The molecule has 0 saturated carbocycles. The Kier molecular flexibility index (Phi) is 10.4. The largest absolute Gasteiger partial charge is 0.493 e. The molecule has 0 amide bonds. The summed E-state index contributed by atoms with van der Waals surface area (Å²) in [6.07, 6.45) is 7.70. The molecule has 0 bridgehead atoms. The van der Waals surface area contributed by atoms with Crippen LogP contribution in [0.2, 0.25) is 0 Å². The molecule has 0 heterocycles. The van der Waals surface area contributed by atoms with Gasteiger partial charge in [0.25, 0.3) is 0 Å². The molecule has 0 spiro atoms. The van der Waals surface area contributed by atoms with E-state index in [1.165, 1.54) is 50.7 Å². The van der Waals surface area contributed by atoms with Crippen molar-refractivity contribution in [1.29, 1.82) is 0 Å². The van der Waals surface area contributed by atoms with Crippen molar-refractivity contribution in [2.24, 2.45) is 0 Å². The zero-order valence-corrected chi connectivity index (χ0v) is 18.5. The predicted octanol–water partition coefficient (Wildman–Crippen LogP) is 6.63. The summed E-state index contributed by atoms with van der Waals surface area (Å²) < 4.78 is 25.7. The number of nitrogens with one attached hydrogen (secondary N) is 1. The molecule has 28 heavy (non-hydrogen) atoms. The van der Waals surface area contributed by atoms with E-state index in [1.54, 1.807) is 19.2 Å². The predicted molar refractivity (Wildman–Crippen MR) is 117 cm³/mol. The number of hydrogen-bond acceptors (Lipinski definition) is 3. The molecule has 0 saturated heterocycles. The first-order valence-corrected chi connectivity index (χ1v) is 10.9. The topological polar surface area (TPSA) is 30.5 Å². The van der Waals surface area contributed by atoms with Crippen molar-refractivity contribution in [3.05, 3.63) is 57.8 Å². The smallest absolute Gasteiger partial charge is 0.167 e. The number of hydrogen-bond donors (Lipinski definition) is 1. The summed E-state index contributed by atoms with van der Waals surface area (Å²) in [5.41, 5.74) is 1.95. The van der Waals surface area contributed by atoms with Gasteiger partial charge in [-0.15, -0.1) is 0 Å². The fourth-order valence-corrected chi connectivity index (χ4v) is 3.50. The lowest BCUT2D eigenvalue weighted by molar-refractivity contribution is 0.280. The highest BCUT2D eigenvalue weighted by molar-refractivity contribution is 9.10. The van der Waals surface area contributed by atoms with Crippen LogP contribution in [-0.4, -0.2) is 13.7 Å². The second-order valence-corrected chi connectivity index (χ2v) is 7.77. The van der Waals surface area contributed by atoms with E-state index in [0.29, 0.717) is 18.9 Å². The normalized spacial score (nSPS) is 10.9. The summed E-state index contributed by atoms with van der Waals surface area (Å²) in [5, 5.41) is 3.52. The fourth-order valence-electron chi connectivity index (χ4n) is 3.05. The molecule has 2 aromatic carbocycles. The number of ether oxygens (including phenoxy) is 2. The third-order valence-corrected chi connectivity index (χ3v) is 5.44. The zero-order chi connectivity index (χ0) is 20.2. The van der Waals surface area contributed by atoms with Gasteiger partial charge in [0.15, 0.2) is 11.5 Å². The van der Waals surface area contributed by atoms with Crippen molar-refractivity contribution >= 4 is 15.9 Å². The first-order chi connectivity index (χ1) is 13.7. The lowest BCUT2D eigenvalue weighted by Crippen LogP contribution is -2.16. The maximum absolute atomic E-state index is 13.1. The summed E-state index contributed by atoms with van der Waals surface area (Å²) >= 11 is 3.63. The molecule has 5 heteroatoms. The van der Waals surface area contributed by atoms with Crippen molar-refractivity contribution < 1.29 is 13.9 Å². The molecular formula is C23H31BrFNO2. The molecule has 0 aliphatic heterocycles. The van der Waals surface area contributed by atoms with Crippen LogP contribution in [0.15, 0.2) is 40.9 Å². The van der Waals surface area contributed by atoms with Gasteiger partial charge in [-0.1, -0.05) is 67.1 Å². The second kappa shape index (κ2) is 12.8. The average molecular weight is 452 g/mol. The van der Waals surface area contributed by atoms with Gasteiger partial charge in [0.2, 0.25) is 0 Å². The van der Waals surface area contributed by atoms with Gasteiger partial charge in [-0.25, -0.2) is 4.39 Å². The Hall–Kier alpha value is -1.59. The highest BCUT2D eigenvalue weighted by Gasteiger charge is 2.14. The van der Waals surface area contributed by atoms with Gasteiger partial charge in [0, 0.05) is 16.6 Å². The van der Waals surface area contributed by atoms with Crippen molar-refractivity contribution in [2.45, 2.75) is 58.6 Å². The van der Waals surface area contributed by atoms with Crippen molar-refractivity contribution in [3.8, 4) is 11.5 Å². The lowest BCUT2D eigenvalue weighted by Gasteiger charge is -2.17. The highest BCUT2D eigenvalue weighted by Crippen LogP contribution is 2.36. The zero-order valence-electron chi connectivity index (χ0n) is 16.9. The van der Waals surface area contributed by atoms with E-state index < -0.39 is 0 Å². The van der Waals surface area contributed by atoms with E-state index in [-0.39, 0.29) is 5.82 Å². The summed E-state index contributed by atoms with van der Waals surface area (Å²) in [7, 11) is 1.64. The van der Waals surface area contributed by atoms with E-state index in [4.69, 9.17) is 9.47 Å². The number of unbranched alkanes of at least 4 members (excludes halogenated alkanes) is 5. The van der Waals surface area contributed by atoms with Gasteiger partial charge in [0.05, 0.1) is 7.11 Å². The quantitative estimate of drug-likeness (QED) is 0.346. The summed E-state index contributed by atoms with van der Waals surface area (Å²) in [6.45, 7) is 4.28. The van der Waals surface area contributed by atoms with Crippen LogP contribution in [0, 0.1) is 5.82 Å². The van der Waals surface area contributed by atoms with Crippen LogP contribution < -0.4 is 14.8 Å². The van der Waals surface area contributed by atoms with Gasteiger partial charge in [0.1, 0.15) is 12.4 Å². The van der Waals surface area contributed by atoms with E-state index in [0.717, 1.165) is 27.9 Å². The second-order valence-electron chi connectivity index (χ2n) is 6.92. The minimum Gasteiger partial charge on any atom is -0.493 e. The first kappa shape index (κ1) is 22.7. The third-order valence-electron chi connectivity index (χ3n) is 4.69. The Morgan fingerprint density at radius 1 is 0.964 bits per heavy atom. The molecule has 0 atom stereocenters. The molecule has 0 radical (unpaired) electrons. The molecule has 2 aromatic rings. The van der Waals surface area contributed by atoms with Gasteiger partial charge in [-0.3, -0.25) is 0 Å². The van der Waals surface area contributed by atoms with Crippen molar-refractivity contribution in [2.75, 3.05) is 13.7 Å². The van der Waals surface area contributed by atoms with E-state index in [9.17, 15) is 4.39 Å². The van der Waals surface area contributed by atoms with Crippen LogP contribution in [0.4, 0.5) is 4.39 Å². The fraction of sp³-hybridized carbons (Fsp3) is 0.478. The van der Waals surface area contributed by atoms with Crippen molar-refractivity contribution in [3.63, 3.8) is 0 Å². The molecule has 1 N–H and O–H groups in total. The lowest BCUT2D eigenvalue weighted by atomic mass is 10.1. The van der Waals surface area contributed by atoms with Crippen LogP contribution >= 0.6 is 15.9 Å². The SMILES string of the molecule is CCCCCCCCNCc1c(Br)ccc(OC)c1OCc1ccc(F)cc1. The molecule has 3 nitrogen and oxygen atoms in total. The summed E-state index contributed by atoms with van der Waals surface area (Å²) in [5.74, 6) is 1.17. The third kappa shape index (κ3) is 7.44. The first-order valence-electron chi connectivity index (χ1n) is 10.1. The Morgan fingerprint density at radius 2 is 1.68 bits per heavy atom. The number of rotatable bonds is 13. The average Bonchev–Trinajstić information content (AvgIpc) is 2.71. The molecule has 0 aromatic heterocycles. The Morgan fingerprint density at radius 3 is 2.39 bits per heavy atom. The van der Waals surface area contributed by atoms with Gasteiger partial charge < -0.3 is 14.8 Å². The van der Waals surface area contributed by atoms with Gasteiger partial charge >= 0.3 is 0 Å². The van der Waals surface area contributed by atoms with Crippen LogP contribution in [0.5, 0.6) is 11.5 Å². The van der Waals surface area contributed by atoms with E-state index in [1.807, 2.05) is 12.1 Å². The van der Waals surface area contributed by atoms with Gasteiger partial charge in [-0.2, -0.15) is 0 Å². The van der Waals surface area contributed by atoms with Crippen LogP contribution in [0.25, 0.3) is 0 Å². The number of halogens is 2. The maximum Gasteiger partial charge on any atom is 0.167 e. The highest BCUT2D eigenvalue weighted by atomic mass is 79.9. The summed E-state index contributed by atoms with van der Waals surface area (Å²) in [6, 6.07) is 10.2. The minimum absolute atomic E-state index is 0.247. The molecule has 0 fully saturated rings. The van der Waals surface area contributed by atoms with Crippen LogP contribution in [0.3, 0.4) is 0 Å². The molecular weight excluding hydrogens is 421 g/mol. The molecule has 0 aliphatic rings. The molecule has 0 aliphatic carbocycles. The Balaban J connectivity index is 1.93. The maximum atomic E-state index is 13.1. The van der Waals surface area contributed by atoms with E-state index in [2.05, 4.69) is 28.2 Å². The number of methoxy groups -OCH3 is 1. The standard InChI is InChI=1S/C23H31BrFNO2/c1-3-4-5-6-7-8-15-26-16-20-21(24)13-14-22(27-2)23(20)28-17-18-9-11-19(25)12-10-18/h9-14,26H,3-8,15-17H2,1-2H3. The molecule has 0 unspecified atom stereocenters. The minimum atomic E-state index is -0.247. The monoisotopic (exact) mass is 451 g/mol. The van der Waals surface area contributed by atoms with Crippen molar-refractivity contribution in [1.82, 2.24) is 5.32 Å². The summed E-state index contributed by atoms with van der Waals surface area (Å²) in [4.78, 5) is 0. The van der Waals surface area contributed by atoms with Crippen LogP contribution in [-0.2, 0) is 13.2 Å². The Bertz CT molecular complexity index is 706. The Labute approximate surface area is 176 Å².